The SMILES string of the molecule is CNC(=O)CCN(C)c1c(Cl)cc(N)cc1C(=O)OC. The van der Waals surface area contributed by atoms with Gasteiger partial charge in [-0.15, -0.1) is 0 Å². The van der Waals surface area contributed by atoms with Gasteiger partial charge >= 0.3 is 5.97 Å². The van der Waals surface area contributed by atoms with Gasteiger partial charge in [0.1, 0.15) is 0 Å². The molecule has 1 rings (SSSR count). The number of anilines is 2. The average Bonchev–Trinajstić information content (AvgIpc) is 2.42. The molecule has 7 heteroatoms. The maximum atomic E-state index is 11.8. The molecular weight excluding hydrogens is 282 g/mol. The molecule has 0 bridgehead atoms. The van der Waals surface area contributed by atoms with Gasteiger partial charge in [-0.3, -0.25) is 4.79 Å². The Bertz CT molecular complexity index is 520. The Morgan fingerprint density at radius 1 is 1.45 bits per heavy atom. The van der Waals surface area contributed by atoms with E-state index in [9.17, 15) is 9.59 Å². The number of rotatable bonds is 5. The molecule has 20 heavy (non-hydrogen) atoms. The van der Waals surface area contributed by atoms with Crippen LogP contribution in [0.15, 0.2) is 12.1 Å². The van der Waals surface area contributed by atoms with E-state index >= 15 is 0 Å². The number of esters is 1. The third-order valence-electron chi connectivity index (χ3n) is 2.83. The van der Waals surface area contributed by atoms with Crippen LogP contribution in [0.4, 0.5) is 11.4 Å². The van der Waals surface area contributed by atoms with Crippen LogP contribution in [0, 0.1) is 0 Å². The fourth-order valence-corrected chi connectivity index (χ4v) is 2.15. The Kier molecular flexibility index (Phi) is 5.64. The number of halogens is 1. The molecule has 1 aromatic rings. The predicted molar refractivity (Wildman–Crippen MR) is 79.2 cm³/mol. The molecule has 0 atom stereocenters. The average molecular weight is 300 g/mol. The lowest BCUT2D eigenvalue weighted by Crippen LogP contribution is -2.27. The second-order valence-electron chi connectivity index (χ2n) is 4.24. The summed E-state index contributed by atoms with van der Waals surface area (Å²) in [5.74, 6) is -0.621. The molecular formula is C13H18ClN3O3. The molecule has 0 fully saturated rings. The summed E-state index contributed by atoms with van der Waals surface area (Å²) in [6.45, 7) is 0.410. The van der Waals surface area contributed by atoms with Crippen molar-refractivity contribution in [3.63, 3.8) is 0 Å². The molecule has 3 N–H and O–H groups in total. The van der Waals surface area contributed by atoms with Crippen molar-refractivity contribution in [1.82, 2.24) is 5.32 Å². The Labute approximate surface area is 122 Å². The minimum atomic E-state index is -0.527. The Balaban J connectivity index is 3.08. The number of ether oxygens (including phenoxy) is 1. The van der Waals surface area contributed by atoms with E-state index in [-0.39, 0.29) is 17.9 Å². The molecule has 0 radical (unpaired) electrons. The number of carbonyl (C=O) groups is 2. The summed E-state index contributed by atoms with van der Waals surface area (Å²) < 4.78 is 4.72. The van der Waals surface area contributed by atoms with Crippen molar-refractivity contribution >= 4 is 34.9 Å². The number of amides is 1. The topological polar surface area (TPSA) is 84.7 Å². The van der Waals surface area contributed by atoms with Gasteiger partial charge in [-0.05, 0) is 12.1 Å². The molecule has 1 aromatic carbocycles. The lowest BCUT2D eigenvalue weighted by Gasteiger charge is -2.23. The van der Waals surface area contributed by atoms with Crippen LogP contribution in [0.3, 0.4) is 0 Å². The minimum absolute atomic E-state index is 0.0944. The van der Waals surface area contributed by atoms with Crippen molar-refractivity contribution in [2.45, 2.75) is 6.42 Å². The maximum Gasteiger partial charge on any atom is 0.340 e. The third-order valence-corrected chi connectivity index (χ3v) is 3.11. The lowest BCUT2D eigenvalue weighted by atomic mass is 10.1. The monoisotopic (exact) mass is 299 g/mol. The smallest absolute Gasteiger partial charge is 0.340 e. The zero-order chi connectivity index (χ0) is 15.3. The molecule has 0 spiro atoms. The van der Waals surface area contributed by atoms with Gasteiger partial charge in [0.2, 0.25) is 5.91 Å². The van der Waals surface area contributed by atoms with Crippen molar-refractivity contribution in [3.8, 4) is 0 Å². The second kappa shape index (κ2) is 7.00. The van der Waals surface area contributed by atoms with Crippen LogP contribution in [0.2, 0.25) is 5.02 Å². The van der Waals surface area contributed by atoms with Crippen molar-refractivity contribution in [2.75, 3.05) is 38.4 Å². The van der Waals surface area contributed by atoms with Gasteiger partial charge in [0, 0.05) is 32.7 Å². The fourth-order valence-electron chi connectivity index (χ4n) is 1.78. The fraction of sp³-hybridized carbons (Fsp3) is 0.385. The van der Waals surface area contributed by atoms with Crippen LogP contribution < -0.4 is 16.0 Å². The molecule has 110 valence electrons. The number of nitrogens with zero attached hydrogens (tertiary/aromatic N) is 1. The first-order chi connectivity index (χ1) is 9.40. The van der Waals surface area contributed by atoms with Crippen LogP contribution in [0.5, 0.6) is 0 Å². The van der Waals surface area contributed by atoms with Gasteiger partial charge in [0.15, 0.2) is 0 Å². The van der Waals surface area contributed by atoms with E-state index in [0.29, 0.717) is 22.9 Å². The first-order valence-corrected chi connectivity index (χ1v) is 6.37. The Hall–Kier alpha value is -1.95. The van der Waals surface area contributed by atoms with E-state index in [4.69, 9.17) is 22.1 Å². The third kappa shape index (κ3) is 3.77. The highest BCUT2D eigenvalue weighted by Gasteiger charge is 2.19. The first kappa shape index (κ1) is 16.1. The van der Waals surface area contributed by atoms with Crippen molar-refractivity contribution < 1.29 is 14.3 Å². The lowest BCUT2D eigenvalue weighted by molar-refractivity contribution is -0.120. The van der Waals surface area contributed by atoms with E-state index in [1.54, 1.807) is 25.1 Å². The molecule has 0 unspecified atom stereocenters. The highest BCUT2D eigenvalue weighted by molar-refractivity contribution is 6.34. The number of benzene rings is 1. The van der Waals surface area contributed by atoms with Crippen LogP contribution >= 0.6 is 11.6 Å². The summed E-state index contributed by atoms with van der Waals surface area (Å²) in [5, 5.41) is 2.87. The number of hydrogen-bond donors (Lipinski definition) is 2. The summed E-state index contributed by atoms with van der Waals surface area (Å²) in [7, 11) is 4.60. The van der Waals surface area contributed by atoms with E-state index < -0.39 is 5.97 Å². The summed E-state index contributed by atoms with van der Waals surface area (Å²) in [6.07, 6.45) is 0.286. The number of nitrogen functional groups attached to an aromatic ring is 1. The summed E-state index contributed by atoms with van der Waals surface area (Å²) in [4.78, 5) is 24.8. The van der Waals surface area contributed by atoms with Gasteiger partial charge in [-0.2, -0.15) is 0 Å². The maximum absolute atomic E-state index is 11.8. The number of methoxy groups -OCH3 is 1. The second-order valence-corrected chi connectivity index (χ2v) is 4.64. The minimum Gasteiger partial charge on any atom is -0.465 e. The molecule has 0 aromatic heterocycles. The molecule has 0 aliphatic heterocycles. The van der Waals surface area contributed by atoms with Crippen molar-refractivity contribution in [3.05, 3.63) is 22.7 Å². The Morgan fingerprint density at radius 3 is 2.65 bits per heavy atom. The van der Waals surface area contributed by atoms with E-state index in [1.165, 1.54) is 13.2 Å². The number of nitrogens with two attached hydrogens (primary N) is 1. The Morgan fingerprint density at radius 2 is 2.10 bits per heavy atom. The zero-order valence-corrected chi connectivity index (χ0v) is 12.5. The summed E-state index contributed by atoms with van der Waals surface area (Å²) in [5.41, 5.74) is 6.84. The van der Waals surface area contributed by atoms with Gasteiger partial charge < -0.3 is 20.7 Å². The van der Waals surface area contributed by atoms with Gasteiger partial charge in [-0.1, -0.05) is 11.6 Å². The number of carbonyl (C=O) groups excluding carboxylic acids is 2. The molecule has 6 nitrogen and oxygen atoms in total. The molecule has 0 aliphatic rings. The van der Waals surface area contributed by atoms with Crippen molar-refractivity contribution in [1.29, 1.82) is 0 Å². The number of hydrogen-bond acceptors (Lipinski definition) is 5. The standard InChI is InChI=1S/C13H18ClN3O3/c1-16-11(18)4-5-17(2)12-9(13(19)20-3)6-8(15)7-10(12)14/h6-7H,4-5,15H2,1-3H3,(H,16,18). The molecule has 0 heterocycles. The molecule has 1 amide bonds. The van der Waals surface area contributed by atoms with Crippen molar-refractivity contribution in [2.24, 2.45) is 0 Å². The summed E-state index contributed by atoms with van der Waals surface area (Å²) in [6, 6.07) is 3.06. The molecule has 0 aliphatic carbocycles. The molecule has 0 saturated carbocycles. The van der Waals surface area contributed by atoms with E-state index in [1.807, 2.05) is 0 Å². The normalized spacial score (nSPS) is 10.0. The largest absolute Gasteiger partial charge is 0.465 e. The van der Waals surface area contributed by atoms with E-state index in [2.05, 4.69) is 5.32 Å². The zero-order valence-electron chi connectivity index (χ0n) is 11.7. The first-order valence-electron chi connectivity index (χ1n) is 5.99. The van der Waals surface area contributed by atoms with Crippen LogP contribution in [0.25, 0.3) is 0 Å². The predicted octanol–water partition coefficient (Wildman–Crippen LogP) is 1.28. The quantitative estimate of drug-likeness (QED) is 0.632. The summed E-state index contributed by atoms with van der Waals surface area (Å²) >= 11 is 6.15. The van der Waals surface area contributed by atoms with Crippen LogP contribution in [0.1, 0.15) is 16.8 Å². The van der Waals surface area contributed by atoms with Gasteiger partial charge in [0.25, 0.3) is 0 Å². The van der Waals surface area contributed by atoms with Gasteiger partial charge in [0.05, 0.1) is 23.4 Å². The number of nitrogens with one attached hydrogen (secondary N) is 1. The molecule has 0 saturated heterocycles. The van der Waals surface area contributed by atoms with Crippen LogP contribution in [-0.2, 0) is 9.53 Å². The van der Waals surface area contributed by atoms with E-state index in [0.717, 1.165) is 0 Å². The highest BCUT2D eigenvalue weighted by atomic mass is 35.5. The van der Waals surface area contributed by atoms with Crippen LogP contribution in [-0.4, -0.2) is 39.6 Å². The highest BCUT2D eigenvalue weighted by Crippen LogP contribution is 2.32. The van der Waals surface area contributed by atoms with Gasteiger partial charge in [-0.25, -0.2) is 4.79 Å².